The summed E-state index contributed by atoms with van der Waals surface area (Å²) in [5, 5.41) is 11.6. The number of ether oxygens (including phenoxy) is 3. The van der Waals surface area contributed by atoms with Crippen molar-refractivity contribution in [1.82, 2.24) is 0 Å². The standard InChI is InChI=1S/C45H79NO7/c1-6-8-10-12-14-16-17-18-19-20-21-22-23-24-25-26-28-29-31-33-35-43(47)52-40-41(39-51-38-37-42(45(49)50)46(3,4)5)53-44(48)36-34-32-30-27-15-13-11-9-7-2/h9,11,15,21-22,27,32,34,41-42H,6-8,10,12-14,16-20,23-26,28-31,33,35-40H2,1-5H3/b11-9+,22-21+,27-15+,34-32+. The molecule has 0 aromatic carbocycles. The van der Waals surface area contributed by atoms with E-state index in [4.69, 9.17) is 14.2 Å². The van der Waals surface area contributed by atoms with Gasteiger partial charge in [-0.1, -0.05) is 146 Å². The highest BCUT2D eigenvalue weighted by molar-refractivity contribution is 5.71. The number of hydrogen-bond acceptors (Lipinski definition) is 7. The molecule has 0 aliphatic rings. The molecule has 0 amide bonds. The van der Waals surface area contributed by atoms with Crippen LogP contribution >= 0.6 is 0 Å². The van der Waals surface area contributed by atoms with Gasteiger partial charge in [-0.2, -0.15) is 0 Å². The minimum atomic E-state index is -1.14. The second kappa shape index (κ2) is 36.3. The lowest BCUT2D eigenvalue weighted by Gasteiger charge is -2.34. The molecular weight excluding hydrogens is 666 g/mol. The molecule has 0 saturated carbocycles. The smallest absolute Gasteiger partial charge is 0.310 e. The van der Waals surface area contributed by atoms with Crippen molar-refractivity contribution in [2.75, 3.05) is 41.0 Å². The highest BCUT2D eigenvalue weighted by Crippen LogP contribution is 2.13. The summed E-state index contributed by atoms with van der Waals surface area (Å²) in [6.07, 6.45) is 41.9. The Morgan fingerprint density at radius 3 is 1.64 bits per heavy atom. The molecule has 0 aliphatic carbocycles. The van der Waals surface area contributed by atoms with Gasteiger partial charge in [0.25, 0.3) is 0 Å². The maximum atomic E-state index is 12.5. The molecule has 0 heterocycles. The normalized spacial score (nSPS) is 13.5. The first-order chi connectivity index (χ1) is 25.6. The first-order valence-electron chi connectivity index (χ1n) is 21.2. The van der Waals surface area contributed by atoms with Gasteiger partial charge < -0.3 is 28.6 Å². The number of carboxylic acids is 1. The molecule has 306 valence electrons. The largest absolute Gasteiger partial charge is 0.544 e. The number of hydrogen-bond donors (Lipinski definition) is 0. The zero-order valence-electron chi connectivity index (χ0n) is 34.7. The molecule has 0 spiro atoms. The van der Waals surface area contributed by atoms with Crippen LogP contribution in [0.25, 0.3) is 0 Å². The van der Waals surface area contributed by atoms with E-state index < -0.39 is 24.1 Å². The van der Waals surface area contributed by atoms with Gasteiger partial charge in [0.15, 0.2) is 6.10 Å². The second-order valence-corrected chi connectivity index (χ2v) is 15.2. The van der Waals surface area contributed by atoms with Crippen LogP contribution in [0.15, 0.2) is 48.6 Å². The van der Waals surface area contributed by atoms with Gasteiger partial charge in [0.2, 0.25) is 0 Å². The number of quaternary nitrogens is 1. The van der Waals surface area contributed by atoms with Gasteiger partial charge in [0.05, 0.1) is 46.7 Å². The quantitative estimate of drug-likeness (QED) is 0.0270. The first kappa shape index (κ1) is 50.3. The highest BCUT2D eigenvalue weighted by Gasteiger charge is 2.25. The Labute approximate surface area is 325 Å². The fourth-order valence-electron chi connectivity index (χ4n) is 5.95. The van der Waals surface area contributed by atoms with Gasteiger partial charge in [-0.3, -0.25) is 9.59 Å². The number of rotatable bonds is 37. The number of aliphatic carboxylic acids is 1. The van der Waals surface area contributed by atoms with E-state index in [9.17, 15) is 19.5 Å². The van der Waals surface area contributed by atoms with Crippen molar-refractivity contribution in [3.05, 3.63) is 48.6 Å². The Morgan fingerprint density at radius 1 is 0.604 bits per heavy atom. The Balaban J connectivity index is 4.29. The van der Waals surface area contributed by atoms with Crippen molar-refractivity contribution in [3.63, 3.8) is 0 Å². The van der Waals surface area contributed by atoms with Crippen molar-refractivity contribution in [3.8, 4) is 0 Å². The van der Waals surface area contributed by atoms with Crippen LogP contribution in [0.1, 0.15) is 168 Å². The number of allylic oxidation sites excluding steroid dienone is 7. The van der Waals surface area contributed by atoms with Crippen molar-refractivity contribution in [2.45, 2.75) is 180 Å². The Morgan fingerprint density at radius 2 is 1.11 bits per heavy atom. The Kier molecular flexibility index (Phi) is 34.4. The van der Waals surface area contributed by atoms with Gasteiger partial charge in [0.1, 0.15) is 12.6 Å². The maximum absolute atomic E-state index is 12.5. The summed E-state index contributed by atoms with van der Waals surface area (Å²) in [6, 6.07) is -0.739. The van der Waals surface area contributed by atoms with E-state index >= 15 is 0 Å². The third-order valence-electron chi connectivity index (χ3n) is 9.23. The Bertz CT molecular complexity index is 1010. The zero-order chi connectivity index (χ0) is 39.3. The van der Waals surface area contributed by atoms with E-state index in [1.807, 2.05) is 12.2 Å². The van der Waals surface area contributed by atoms with Gasteiger partial charge >= 0.3 is 11.9 Å². The highest BCUT2D eigenvalue weighted by atomic mass is 16.6. The number of carboxylic acid groups (broad SMARTS) is 1. The summed E-state index contributed by atoms with van der Waals surface area (Å²) in [5.74, 6) is -1.90. The zero-order valence-corrected chi connectivity index (χ0v) is 34.7. The lowest BCUT2D eigenvalue weighted by atomic mass is 10.1. The molecule has 0 aliphatic heterocycles. The van der Waals surface area contributed by atoms with Gasteiger partial charge in [-0.05, 0) is 51.4 Å². The molecule has 0 aromatic heterocycles. The van der Waals surface area contributed by atoms with E-state index in [2.05, 4.69) is 44.2 Å². The van der Waals surface area contributed by atoms with Crippen molar-refractivity contribution in [1.29, 1.82) is 0 Å². The van der Waals surface area contributed by atoms with Gasteiger partial charge in [0, 0.05) is 12.8 Å². The molecule has 0 N–H and O–H groups in total. The van der Waals surface area contributed by atoms with E-state index in [1.54, 1.807) is 27.2 Å². The van der Waals surface area contributed by atoms with Crippen LogP contribution in [0.5, 0.6) is 0 Å². The predicted octanol–water partition coefficient (Wildman–Crippen LogP) is 9.91. The molecule has 8 nitrogen and oxygen atoms in total. The molecule has 2 atom stereocenters. The van der Waals surface area contributed by atoms with E-state index in [0.717, 1.165) is 38.5 Å². The maximum Gasteiger partial charge on any atom is 0.310 e. The summed E-state index contributed by atoms with van der Waals surface area (Å²) >= 11 is 0. The summed E-state index contributed by atoms with van der Waals surface area (Å²) in [5.41, 5.74) is 0. The lowest BCUT2D eigenvalue weighted by molar-refractivity contribution is -0.889. The number of esters is 2. The van der Waals surface area contributed by atoms with Crippen LogP contribution in [0.2, 0.25) is 0 Å². The topological polar surface area (TPSA) is 102 Å². The van der Waals surface area contributed by atoms with Crippen molar-refractivity contribution in [2.24, 2.45) is 0 Å². The molecule has 0 radical (unpaired) electrons. The molecule has 0 aromatic rings. The second-order valence-electron chi connectivity index (χ2n) is 15.2. The summed E-state index contributed by atoms with van der Waals surface area (Å²) < 4.78 is 17.0. The fourth-order valence-corrected chi connectivity index (χ4v) is 5.95. The van der Waals surface area contributed by atoms with Crippen LogP contribution < -0.4 is 5.11 Å². The Hall–Kier alpha value is -2.71. The van der Waals surface area contributed by atoms with Gasteiger partial charge in [-0.25, -0.2) is 0 Å². The minimum Gasteiger partial charge on any atom is -0.544 e. The number of unbranched alkanes of at least 4 members (excludes halogenated alkanes) is 16. The third kappa shape index (κ3) is 34.8. The lowest BCUT2D eigenvalue weighted by Crippen LogP contribution is -2.55. The van der Waals surface area contributed by atoms with Crippen molar-refractivity contribution >= 4 is 17.9 Å². The number of carbonyl (C=O) groups is 3. The molecule has 8 heteroatoms. The van der Waals surface area contributed by atoms with E-state index in [-0.39, 0.29) is 43.1 Å². The van der Waals surface area contributed by atoms with Crippen LogP contribution in [-0.2, 0) is 28.6 Å². The average Bonchev–Trinajstić information content (AvgIpc) is 3.11. The van der Waals surface area contributed by atoms with Crippen LogP contribution in [0.3, 0.4) is 0 Å². The number of likely N-dealkylation sites (N-methyl/N-ethyl adjacent to an activating group) is 1. The molecule has 0 bridgehead atoms. The van der Waals surface area contributed by atoms with Crippen LogP contribution in [0.4, 0.5) is 0 Å². The predicted molar refractivity (Wildman–Crippen MR) is 217 cm³/mol. The minimum absolute atomic E-state index is 0.00274. The fraction of sp³-hybridized carbons (Fsp3) is 0.756. The molecule has 0 rings (SSSR count). The number of nitrogens with zero attached hydrogens (tertiary/aromatic N) is 1. The van der Waals surface area contributed by atoms with Crippen molar-refractivity contribution < 1.29 is 38.2 Å². The SMILES string of the molecule is CC/C=C/C/C=C/C/C=C/CC(=O)OC(COCCC(C(=O)[O-])[N+](C)(C)C)COC(=O)CCCCCCCCC/C=C/CCCCCCCCCCC. The molecule has 53 heavy (non-hydrogen) atoms. The molecular formula is C45H79NO7. The van der Waals surface area contributed by atoms with Gasteiger partial charge in [-0.15, -0.1) is 0 Å². The average molecular weight is 746 g/mol. The molecule has 2 unspecified atom stereocenters. The monoisotopic (exact) mass is 746 g/mol. The summed E-state index contributed by atoms with van der Waals surface area (Å²) in [6.45, 7) is 4.42. The summed E-state index contributed by atoms with van der Waals surface area (Å²) in [4.78, 5) is 36.6. The molecule has 0 saturated heterocycles. The number of carbonyl (C=O) groups excluding carboxylic acids is 3. The van der Waals surface area contributed by atoms with Crippen LogP contribution in [-0.4, -0.2) is 75.5 Å². The van der Waals surface area contributed by atoms with E-state index in [0.29, 0.717) is 6.42 Å². The van der Waals surface area contributed by atoms with E-state index in [1.165, 1.54) is 96.3 Å². The third-order valence-corrected chi connectivity index (χ3v) is 9.23. The molecule has 0 fully saturated rings. The first-order valence-corrected chi connectivity index (χ1v) is 21.2. The summed E-state index contributed by atoms with van der Waals surface area (Å²) in [7, 11) is 5.37. The van der Waals surface area contributed by atoms with Crippen LogP contribution in [0, 0.1) is 0 Å².